The van der Waals surface area contributed by atoms with E-state index in [4.69, 9.17) is 4.74 Å². The summed E-state index contributed by atoms with van der Waals surface area (Å²) < 4.78 is 6.69. The van der Waals surface area contributed by atoms with Crippen LogP contribution in [0.15, 0.2) is 29.3 Å². The van der Waals surface area contributed by atoms with Crippen LogP contribution in [0.5, 0.6) is 5.75 Å². The van der Waals surface area contributed by atoms with Crippen LogP contribution in [0.3, 0.4) is 0 Å². The van der Waals surface area contributed by atoms with Crippen molar-refractivity contribution in [3.05, 3.63) is 50.9 Å². The summed E-state index contributed by atoms with van der Waals surface area (Å²) in [6.07, 6.45) is 4.47. The number of hydrogen-bond acceptors (Lipinski definition) is 5. The number of carbonyl (C=O) groups excluding carboxylic acids is 1. The zero-order valence-corrected chi connectivity index (χ0v) is 17.1. The summed E-state index contributed by atoms with van der Waals surface area (Å²) >= 11 is 1.61. The molecule has 146 valence electrons. The third kappa shape index (κ3) is 3.42. The van der Waals surface area contributed by atoms with Crippen LogP contribution in [0.2, 0.25) is 0 Å². The van der Waals surface area contributed by atoms with Crippen molar-refractivity contribution in [1.29, 1.82) is 0 Å². The number of anilines is 1. The van der Waals surface area contributed by atoms with Gasteiger partial charge in [-0.1, -0.05) is 13.0 Å². The van der Waals surface area contributed by atoms with E-state index in [0.29, 0.717) is 22.7 Å². The largest absolute Gasteiger partial charge is 0.495 e. The lowest BCUT2D eigenvalue weighted by atomic mass is 9.89. The number of aryl methyl sites for hydroxylation is 2. The van der Waals surface area contributed by atoms with Gasteiger partial charge in [0.05, 0.1) is 24.5 Å². The number of methoxy groups -OCH3 is 1. The van der Waals surface area contributed by atoms with Gasteiger partial charge in [-0.05, 0) is 55.4 Å². The first-order valence-corrected chi connectivity index (χ1v) is 10.2. The third-order valence-electron chi connectivity index (χ3n) is 5.23. The summed E-state index contributed by atoms with van der Waals surface area (Å²) in [5, 5.41) is 3.53. The molecule has 0 radical (unpaired) electrons. The Morgan fingerprint density at radius 1 is 1.43 bits per heavy atom. The Balaban J connectivity index is 1.62. The molecule has 4 rings (SSSR count). The van der Waals surface area contributed by atoms with Gasteiger partial charge in [0, 0.05) is 4.88 Å². The molecule has 7 heteroatoms. The third-order valence-corrected chi connectivity index (χ3v) is 6.39. The Hall–Kier alpha value is -2.67. The van der Waals surface area contributed by atoms with Gasteiger partial charge in [0.2, 0.25) is 5.91 Å². The molecule has 0 saturated carbocycles. The first-order valence-electron chi connectivity index (χ1n) is 9.40. The number of carbonyl (C=O) groups is 1. The summed E-state index contributed by atoms with van der Waals surface area (Å²) in [5.74, 6) is 0.934. The van der Waals surface area contributed by atoms with Crippen molar-refractivity contribution in [3.63, 3.8) is 0 Å². The molecule has 0 unspecified atom stereocenters. The number of nitrogens with zero attached hydrogens (tertiary/aromatic N) is 2. The molecule has 1 aromatic carbocycles. The van der Waals surface area contributed by atoms with Gasteiger partial charge in [0.1, 0.15) is 17.1 Å². The molecule has 6 nitrogen and oxygen atoms in total. The maximum absolute atomic E-state index is 13.0. The lowest BCUT2D eigenvalue weighted by Crippen LogP contribution is -2.28. The Morgan fingerprint density at radius 3 is 3.04 bits per heavy atom. The highest BCUT2D eigenvalue weighted by Gasteiger charge is 2.23. The van der Waals surface area contributed by atoms with Crippen LogP contribution in [-0.4, -0.2) is 22.6 Å². The SMILES string of the molecule is COc1ccc(C)cc1NC(=O)Cn1cnc2sc3c(c2c1=O)CC[C@@H](C)C3. The van der Waals surface area contributed by atoms with E-state index in [9.17, 15) is 9.59 Å². The fourth-order valence-corrected chi connectivity index (χ4v) is 5.08. The summed E-state index contributed by atoms with van der Waals surface area (Å²) in [7, 11) is 1.56. The van der Waals surface area contributed by atoms with Crippen molar-refractivity contribution in [2.75, 3.05) is 12.4 Å². The van der Waals surface area contributed by atoms with Gasteiger partial charge in [-0.15, -0.1) is 11.3 Å². The number of rotatable bonds is 4. The number of thiophene rings is 1. The smallest absolute Gasteiger partial charge is 0.262 e. The van der Waals surface area contributed by atoms with Crippen LogP contribution in [-0.2, 0) is 24.2 Å². The van der Waals surface area contributed by atoms with E-state index in [0.717, 1.165) is 35.2 Å². The van der Waals surface area contributed by atoms with Crippen molar-refractivity contribution in [3.8, 4) is 5.75 Å². The molecule has 3 aromatic rings. The fourth-order valence-electron chi connectivity index (χ4n) is 3.74. The van der Waals surface area contributed by atoms with Crippen LogP contribution >= 0.6 is 11.3 Å². The van der Waals surface area contributed by atoms with E-state index in [2.05, 4.69) is 17.2 Å². The standard InChI is InChI=1S/C21H23N3O3S/c1-12-5-7-16(27-3)15(8-12)23-18(25)10-24-11-22-20-19(21(24)26)14-6-4-13(2)9-17(14)28-20/h5,7-8,11,13H,4,6,9-10H2,1-3H3,(H,23,25)/t13-/m1/s1. The second kappa shape index (κ2) is 7.39. The quantitative estimate of drug-likeness (QED) is 0.731. The predicted octanol–water partition coefficient (Wildman–Crippen LogP) is 3.54. The van der Waals surface area contributed by atoms with Crippen molar-refractivity contribution in [1.82, 2.24) is 9.55 Å². The Morgan fingerprint density at radius 2 is 2.25 bits per heavy atom. The lowest BCUT2D eigenvalue weighted by molar-refractivity contribution is -0.116. The van der Waals surface area contributed by atoms with Gasteiger partial charge < -0.3 is 10.1 Å². The normalized spacial score (nSPS) is 16.0. The highest BCUT2D eigenvalue weighted by Crippen LogP contribution is 2.35. The van der Waals surface area contributed by atoms with E-state index in [1.54, 1.807) is 18.4 Å². The van der Waals surface area contributed by atoms with Crippen LogP contribution in [0.1, 0.15) is 29.3 Å². The van der Waals surface area contributed by atoms with Gasteiger partial charge in [-0.3, -0.25) is 14.2 Å². The van der Waals surface area contributed by atoms with Crippen molar-refractivity contribution in [2.45, 2.75) is 39.7 Å². The molecule has 1 amide bonds. The molecule has 0 spiro atoms. The molecule has 1 N–H and O–H groups in total. The Labute approximate surface area is 167 Å². The highest BCUT2D eigenvalue weighted by molar-refractivity contribution is 7.18. The minimum absolute atomic E-state index is 0.0834. The Kier molecular flexibility index (Phi) is 4.93. The van der Waals surface area contributed by atoms with Crippen LogP contribution < -0.4 is 15.6 Å². The number of benzene rings is 1. The molecule has 1 atom stereocenters. The molecular weight excluding hydrogens is 374 g/mol. The second-order valence-electron chi connectivity index (χ2n) is 7.46. The lowest BCUT2D eigenvalue weighted by Gasteiger charge is -2.17. The minimum Gasteiger partial charge on any atom is -0.495 e. The number of hydrogen-bond donors (Lipinski definition) is 1. The molecule has 28 heavy (non-hydrogen) atoms. The maximum Gasteiger partial charge on any atom is 0.262 e. The topological polar surface area (TPSA) is 73.2 Å². The van der Waals surface area contributed by atoms with Crippen molar-refractivity contribution < 1.29 is 9.53 Å². The van der Waals surface area contributed by atoms with Gasteiger partial charge in [-0.2, -0.15) is 0 Å². The Bertz CT molecular complexity index is 1120. The highest BCUT2D eigenvalue weighted by atomic mass is 32.1. The average molecular weight is 398 g/mol. The molecule has 1 aliphatic carbocycles. The van der Waals surface area contributed by atoms with Crippen LogP contribution in [0.4, 0.5) is 5.69 Å². The molecule has 0 bridgehead atoms. The van der Waals surface area contributed by atoms with Crippen LogP contribution in [0, 0.1) is 12.8 Å². The van der Waals surface area contributed by atoms with Crippen LogP contribution in [0.25, 0.3) is 10.2 Å². The van der Waals surface area contributed by atoms with E-state index >= 15 is 0 Å². The summed E-state index contributed by atoms with van der Waals surface area (Å²) in [6.45, 7) is 4.10. The van der Waals surface area contributed by atoms with E-state index in [1.807, 2.05) is 25.1 Å². The first kappa shape index (κ1) is 18.7. The zero-order valence-electron chi connectivity index (χ0n) is 16.2. The maximum atomic E-state index is 13.0. The van der Waals surface area contributed by atoms with E-state index in [-0.39, 0.29) is 18.0 Å². The van der Waals surface area contributed by atoms with Crippen molar-refractivity contribution in [2.24, 2.45) is 5.92 Å². The predicted molar refractivity (Wildman–Crippen MR) is 111 cm³/mol. The molecule has 2 aromatic heterocycles. The molecule has 2 heterocycles. The van der Waals surface area contributed by atoms with Gasteiger partial charge >= 0.3 is 0 Å². The number of aromatic nitrogens is 2. The van der Waals surface area contributed by atoms with Gasteiger partial charge in [-0.25, -0.2) is 4.98 Å². The minimum atomic E-state index is -0.287. The molecule has 1 aliphatic rings. The van der Waals surface area contributed by atoms with E-state index < -0.39 is 0 Å². The number of nitrogens with one attached hydrogen (secondary N) is 1. The average Bonchev–Trinajstić information content (AvgIpc) is 3.02. The molecular formula is C21H23N3O3S. The monoisotopic (exact) mass is 397 g/mol. The van der Waals surface area contributed by atoms with Crippen molar-refractivity contribution >= 4 is 33.1 Å². The molecule has 0 fully saturated rings. The summed E-state index contributed by atoms with van der Waals surface area (Å²) in [5.41, 5.74) is 2.60. The second-order valence-corrected chi connectivity index (χ2v) is 8.55. The van der Waals surface area contributed by atoms with Gasteiger partial charge in [0.25, 0.3) is 5.56 Å². The molecule has 0 saturated heterocycles. The zero-order chi connectivity index (χ0) is 19.8. The summed E-state index contributed by atoms with van der Waals surface area (Å²) in [6, 6.07) is 5.57. The first-order chi connectivity index (χ1) is 13.5. The number of fused-ring (bicyclic) bond motifs is 3. The number of amides is 1. The summed E-state index contributed by atoms with van der Waals surface area (Å²) in [4.78, 5) is 32.1. The van der Waals surface area contributed by atoms with Gasteiger partial charge in [0.15, 0.2) is 0 Å². The fraction of sp³-hybridized carbons (Fsp3) is 0.381. The molecule has 0 aliphatic heterocycles. The van der Waals surface area contributed by atoms with E-state index in [1.165, 1.54) is 15.8 Å². The number of ether oxygens (including phenoxy) is 1.